The lowest BCUT2D eigenvalue weighted by molar-refractivity contribution is -0.117. The van der Waals surface area contributed by atoms with E-state index < -0.39 is 15.7 Å². The van der Waals surface area contributed by atoms with Gasteiger partial charge in [-0.15, -0.1) is 11.8 Å². The summed E-state index contributed by atoms with van der Waals surface area (Å²) in [5.41, 5.74) is 4.91. The molecule has 0 aliphatic rings. The van der Waals surface area contributed by atoms with Crippen molar-refractivity contribution in [3.8, 4) is 0 Å². The minimum Gasteiger partial charge on any atom is -0.370 e. The summed E-state index contributed by atoms with van der Waals surface area (Å²) in [5.74, 6) is -0.371. The molecule has 0 radical (unpaired) electrons. The van der Waals surface area contributed by atoms with Crippen molar-refractivity contribution in [2.75, 3.05) is 17.3 Å². The van der Waals surface area contributed by atoms with Crippen molar-refractivity contribution in [2.24, 2.45) is 5.73 Å². The van der Waals surface area contributed by atoms with E-state index in [0.29, 0.717) is 10.8 Å². The Morgan fingerprint density at radius 2 is 1.94 bits per heavy atom. The van der Waals surface area contributed by atoms with Crippen LogP contribution in [-0.2, 0) is 14.6 Å². The van der Waals surface area contributed by atoms with Gasteiger partial charge in [0.15, 0.2) is 9.84 Å². The Labute approximate surface area is 116 Å². The van der Waals surface area contributed by atoms with Crippen molar-refractivity contribution < 1.29 is 13.2 Å². The first kappa shape index (κ1) is 15.3. The largest absolute Gasteiger partial charge is 0.370 e. The summed E-state index contributed by atoms with van der Waals surface area (Å²) in [6.45, 7) is 0. The summed E-state index contributed by atoms with van der Waals surface area (Å²) in [6, 6.07) is 7.25. The number of hydrogen-bond donors (Lipinski definition) is 1. The molecule has 0 bridgehead atoms. The van der Waals surface area contributed by atoms with E-state index in [4.69, 9.17) is 17.3 Å². The number of amides is 1. The number of nitrogens with two attached hydrogens (primary N) is 1. The van der Waals surface area contributed by atoms with Gasteiger partial charge in [-0.25, -0.2) is 8.42 Å². The lowest BCUT2D eigenvalue weighted by atomic mass is 10.4. The highest BCUT2D eigenvalue weighted by Crippen LogP contribution is 2.26. The van der Waals surface area contributed by atoms with Crippen LogP contribution < -0.4 is 5.73 Å². The van der Waals surface area contributed by atoms with Crippen LogP contribution in [0.5, 0.6) is 0 Å². The van der Waals surface area contributed by atoms with Gasteiger partial charge in [0.05, 0.1) is 16.5 Å². The molecule has 7 heteroatoms. The molecule has 4 nitrogen and oxygen atoms in total. The van der Waals surface area contributed by atoms with Crippen molar-refractivity contribution in [1.29, 1.82) is 0 Å². The van der Waals surface area contributed by atoms with Gasteiger partial charge in [-0.2, -0.15) is 0 Å². The van der Waals surface area contributed by atoms with E-state index in [9.17, 15) is 13.2 Å². The third-order valence-electron chi connectivity index (χ3n) is 2.15. The third-order valence-corrected chi connectivity index (χ3v) is 5.58. The number of halogens is 1. The fourth-order valence-electron chi connectivity index (χ4n) is 1.20. The number of primary amides is 1. The third kappa shape index (κ3) is 5.75. The topological polar surface area (TPSA) is 77.2 Å². The highest BCUT2D eigenvalue weighted by atomic mass is 35.5. The molecule has 1 aromatic carbocycles. The Morgan fingerprint density at radius 3 is 2.56 bits per heavy atom. The smallest absolute Gasteiger partial charge is 0.218 e. The maximum atomic E-state index is 11.6. The van der Waals surface area contributed by atoms with Crippen molar-refractivity contribution in [1.82, 2.24) is 0 Å². The number of thioether (sulfide) groups is 1. The lowest BCUT2D eigenvalue weighted by Crippen LogP contribution is -2.19. The van der Waals surface area contributed by atoms with Gasteiger partial charge in [0, 0.05) is 17.1 Å². The van der Waals surface area contributed by atoms with Crippen molar-refractivity contribution in [2.45, 2.75) is 11.3 Å². The maximum Gasteiger partial charge on any atom is 0.218 e. The predicted molar refractivity (Wildman–Crippen MR) is 74.6 cm³/mol. The number of sulfone groups is 1. The summed E-state index contributed by atoms with van der Waals surface area (Å²) < 4.78 is 23.1. The summed E-state index contributed by atoms with van der Waals surface area (Å²) in [6.07, 6.45) is -0.126. The van der Waals surface area contributed by atoms with E-state index in [1.54, 1.807) is 6.07 Å². The van der Waals surface area contributed by atoms with Gasteiger partial charge in [-0.3, -0.25) is 4.79 Å². The van der Waals surface area contributed by atoms with E-state index in [1.165, 1.54) is 11.8 Å². The van der Waals surface area contributed by atoms with Crippen LogP contribution in [0.4, 0.5) is 0 Å². The zero-order valence-electron chi connectivity index (χ0n) is 9.63. The van der Waals surface area contributed by atoms with E-state index in [-0.39, 0.29) is 17.9 Å². The van der Waals surface area contributed by atoms with Crippen LogP contribution in [0.2, 0.25) is 5.02 Å². The molecule has 0 spiro atoms. The van der Waals surface area contributed by atoms with Gasteiger partial charge in [-0.1, -0.05) is 23.7 Å². The molecule has 1 rings (SSSR count). The van der Waals surface area contributed by atoms with Gasteiger partial charge in [0.2, 0.25) is 5.91 Å². The number of carbonyl (C=O) groups excluding carboxylic acids is 1. The van der Waals surface area contributed by atoms with Crippen LogP contribution in [0.15, 0.2) is 29.2 Å². The van der Waals surface area contributed by atoms with E-state index in [1.807, 2.05) is 18.2 Å². The van der Waals surface area contributed by atoms with Crippen LogP contribution in [0.3, 0.4) is 0 Å². The normalized spacial score (nSPS) is 11.4. The fourth-order valence-corrected chi connectivity index (χ4v) is 4.16. The molecule has 0 saturated carbocycles. The second-order valence-electron chi connectivity index (χ2n) is 3.65. The quantitative estimate of drug-likeness (QED) is 0.778. The average Bonchev–Trinajstić information content (AvgIpc) is 2.29. The van der Waals surface area contributed by atoms with Crippen LogP contribution >= 0.6 is 23.4 Å². The zero-order valence-corrected chi connectivity index (χ0v) is 12.0. The highest BCUT2D eigenvalue weighted by molar-refractivity contribution is 8.00. The molecule has 0 saturated heterocycles. The Morgan fingerprint density at radius 1 is 1.28 bits per heavy atom. The molecule has 0 atom stereocenters. The number of hydrogen-bond acceptors (Lipinski definition) is 4. The SMILES string of the molecule is NC(=O)CCS(=O)(=O)CCSc1ccccc1Cl. The molecule has 0 aromatic heterocycles. The number of carbonyl (C=O) groups is 1. The van der Waals surface area contributed by atoms with Crippen molar-refractivity contribution in [3.63, 3.8) is 0 Å². The lowest BCUT2D eigenvalue weighted by Gasteiger charge is -2.04. The van der Waals surface area contributed by atoms with Gasteiger partial charge < -0.3 is 5.73 Å². The first-order valence-corrected chi connectivity index (χ1v) is 8.45. The maximum absolute atomic E-state index is 11.6. The van der Waals surface area contributed by atoms with Crippen LogP contribution in [0.1, 0.15) is 6.42 Å². The molecular weight excluding hydrogens is 294 g/mol. The fraction of sp³-hybridized carbons (Fsp3) is 0.364. The number of rotatable bonds is 7. The molecule has 18 heavy (non-hydrogen) atoms. The van der Waals surface area contributed by atoms with Crippen LogP contribution in [0.25, 0.3) is 0 Å². The second-order valence-corrected chi connectivity index (χ2v) is 7.49. The first-order chi connectivity index (χ1) is 8.41. The Hall–Kier alpha value is -0.720. The Bertz CT molecular complexity index is 517. The zero-order chi connectivity index (χ0) is 13.6. The van der Waals surface area contributed by atoms with Gasteiger partial charge in [-0.05, 0) is 12.1 Å². The molecule has 0 aliphatic carbocycles. The minimum absolute atomic E-state index is 0.0101. The van der Waals surface area contributed by atoms with Crippen molar-refractivity contribution >= 4 is 39.1 Å². The molecule has 1 amide bonds. The van der Waals surface area contributed by atoms with E-state index in [2.05, 4.69) is 0 Å². The minimum atomic E-state index is -3.22. The molecule has 0 heterocycles. The van der Waals surface area contributed by atoms with E-state index >= 15 is 0 Å². The summed E-state index contributed by atoms with van der Waals surface area (Å²) in [5, 5.41) is 0.608. The van der Waals surface area contributed by atoms with E-state index in [0.717, 1.165) is 4.90 Å². The van der Waals surface area contributed by atoms with Crippen LogP contribution in [-0.4, -0.2) is 31.6 Å². The van der Waals surface area contributed by atoms with Crippen molar-refractivity contribution in [3.05, 3.63) is 29.3 Å². The molecular formula is C11H14ClNO3S2. The highest BCUT2D eigenvalue weighted by Gasteiger charge is 2.12. The molecule has 0 aliphatic heterocycles. The first-order valence-electron chi connectivity index (χ1n) is 5.27. The molecule has 0 fully saturated rings. The molecule has 1 aromatic rings. The molecule has 0 unspecified atom stereocenters. The summed E-state index contributed by atoms with van der Waals surface area (Å²) >= 11 is 7.33. The molecule has 100 valence electrons. The monoisotopic (exact) mass is 307 g/mol. The number of benzene rings is 1. The van der Waals surface area contributed by atoms with Crippen LogP contribution in [0, 0.1) is 0 Å². The summed E-state index contributed by atoms with van der Waals surface area (Å²) in [4.78, 5) is 11.4. The van der Waals surface area contributed by atoms with Gasteiger partial charge >= 0.3 is 0 Å². The second kappa shape index (κ2) is 7.01. The Kier molecular flexibility index (Phi) is 5.98. The predicted octanol–water partition coefficient (Wildman–Crippen LogP) is 1.72. The van der Waals surface area contributed by atoms with Gasteiger partial charge in [0.25, 0.3) is 0 Å². The average molecular weight is 308 g/mol. The summed E-state index contributed by atoms with van der Waals surface area (Å²) in [7, 11) is -3.22. The standard InChI is InChI=1S/C11H14ClNO3S2/c12-9-3-1-2-4-10(9)17-6-8-18(15,16)7-5-11(13)14/h1-4H,5-8H2,(H2,13,14). The van der Waals surface area contributed by atoms with Gasteiger partial charge in [0.1, 0.15) is 0 Å². The molecule has 2 N–H and O–H groups in total. The Balaban J connectivity index is 2.42.